The van der Waals surface area contributed by atoms with E-state index in [1.807, 2.05) is 20.8 Å². The van der Waals surface area contributed by atoms with Crippen molar-refractivity contribution in [3.8, 4) is 0 Å². The molecule has 2 amide bonds. The van der Waals surface area contributed by atoms with Gasteiger partial charge in [0, 0.05) is 13.1 Å². The maximum absolute atomic E-state index is 12.4. The van der Waals surface area contributed by atoms with Crippen LogP contribution in [-0.4, -0.2) is 51.5 Å². The summed E-state index contributed by atoms with van der Waals surface area (Å²) in [6.07, 6.45) is 1.67. The van der Waals surface area contributed by atoms with Crippen molar-refractivity contribution >= 4 is 12.0 Å². The van der Waals surface area contributed by atoms with E-state index in [4.69, 9.17) is 4.74 Å². The number of aromatic nitrogens is 3. The third-order valence-corrected chi connectivity index (χ3v) is 3.72. The molecule has 22 heavy (non-hydrogen) atoms. The second-order valence-electron chi connectivity index (χ2n) is 7.79. The predicted molar refractivity (Wildman–Crippen MR) is 84.8 cm³/mol. The molecule has 0 spiro atoms. The first-order chi connectivity index (χ1) is 10.1. The van der Waals surface area contributed by atoms with Gasteiger partial charge in [0.2, 0.25) is 5.95 Å². The number of carbonyl (C=O) groups is 1. The van der Waals surface area contributed by atoms with E-state index in [0.29, 0.717) is 25.6 Å². The number of amides is 2. The van der Waals surface area contributed by atoms with Gasteiger partial charge in [0.1, 0.15) is 6.33 Å². The summed E-state index contributed by atoms with van der Waals surface area (Å²) in [7, 11) is 0. The normalized spacial score (nSPS) is 20.1. The summed E-state index contributed by atoms with van der Waals surface area (Å²) < 4.78 is 7.50. The third kappa shape index (κ3) is 3.97. The van der Waals surface area contributed by atoms with Gasteiger partial charge in [-0.05, 0) is 26.2 Å². The van der Waals surface area contributed by atoms with Gasteiger partial charge in [-0.25, -0.2) is 14.5 Å². The summed E-state index contributed by atoms with van der Waals surface area (Å²) in [5.41, 5.74) is -0.155. The van der Waals surface area contributed by atoms with Crippen molar-refractivity contribution in [2.45, 2.75) is 53.2 Å². The van der Waals surface area contributed by atoms with Gasteiger partial charge in [0.05, 0.1) is 18.2 Å². The second-order valence-corrected chi connectivity index (χ2v) is 7.79. The molecule has 0 radical (unpaired) electrons. The lowest BCUT2D eigenvalue weighted by Gasteiger charge is -2.39. The van der Waals surface area contributed by atoms with E-state index < -0.39 is 0 Å². The lowest BCUT2D eigenvalue weighted by molar-refractivity contribution is -0.0664. The van der Waals surface area contributed by atoms with Gasteiger partial charge < -0.3 is 9.64 Å². The van der Waals surface area contributed by atoms with Crippen LogP contribution in [0.15, 0.2) is 6.33 Å². The minimum atomic E-state index is -0.177. The summed E-state index contributed by atoms with van der Waals surface area (Å²) in [4.78, 5) is 18.3. The summed E-state index contributed by atoms with van der Waals surface area (Å²) in [6.45, 7) is 14.2. The molecule has 0 saturated carbocycles. The summed E-state index contributed by atoms with van der Waals surface area (Å²) in [6, 6.07) is -0.177. The highest BCUT2D eigenvalue weighted by atomic mass is 16.5. The van der Waals surface area contributed by atoms with Crippen LogP contribution in [0, 0.1) is 5.41 Å². The Balaban J connectivity index is 1.99. The molecule has 2 heterocycles. The van der Waals surface area contributed by atoms with Gasteiger partial charge in [0.15, 0.2) is 0 Å². The Kier molecular flexibility index (Phi) is 4.47. The van der Waals surface area contributed by atoms with E-state index in [0.717, 1.165) is 0 Å². The average molecular weight is 309 g/mol. The minimum absolute atomic E-state index is 0.00497. The first kappa shape index (κ1) is 16.7. The Hall–Kier alpha value is -1.63. The molecule has 124 valence electrons. The predicted octanol–water partition coefficient (Wildman–Crippen LogP) is 2.31. The van der Waals surface area contributed by atoms with Crippen molar-refractivity contribution in [2.24, 2.45) is 5.41 Å². The number of nitrogens with zero attached hydrogens (tertiary/aromatic N) is 4. The molecule has 2 rings (SSSR count). The zero-order valence-corrected chi connectivity index (χ0v) is 14.4. The molecule has 1 unspecified atom stereocenters. The number of anilines is 1. The molecule has 0 bridgehead atoms. The fourth-order valence-corrected chi connectivity index (χ4v) is 2.18. The lowest BCUT2D eigenvalue weighted by Crippen LogP contribution is -2.51. The van der Waals surface area contributed by atoms with Crippen molar-refractivity contribution in [2.75, 3.05) is 25.0 Å². The van der Waals surface area contributed by atoms with Crippen LogP contribution in [0.3, 0.4) is 0 Å². The van der Waals surface area contributed by atoms with E-state index in [-0.39, 0.29) is 23.1 Å². The quantitative estimate of drug-likeness (QED) is 0.864. The van der Waals surface area contributed by atoms with Gasteiger partial charge in [-0.1, -0.05) is 20.8 Å². The number of nitrogens with one attached hydrogen (secondary N) is 1. The smallest absolute Gasteiger partial charge is 0.324 e. The number of hydrogen-bond donors (Lipinski definition) is 1. The SMILES string of the molecule is CC(C)(C)C1CN(C(=O)Nc2ncn(C(C)(C)C)n2)CCO1. The fourth-order valence-electron chi connectivity index (χ4n) is 2.18. The molecular formula is C15H27N5O2. The molecule has 1 atom stereocenters. The fraction of sp³-hybridized carbons (Fsp3) is 0.800. The van der Waals surface area contributed by atoms with Gasteiger partial charge in [-0.2, -0.15) is 0 Å². The number of carbonyl (C=O) groups excluding carboxylic acids is 1. The van der Waals surface area contributed by atoms with Crippen LogP contribution >= 0.6 is 0 Å². The van der Waals surface area contributed by atoms with Crippen LogP contribution < -0.4 is 5.32 Å². The molecule has 1 saturated heterocycles. The highest BCUT2D eigenvalue weighted by molar-refractivity contribution is 5.87. The van der Waals surface area contributed by atoms with Crippen LogP contribution in [-0.2, 0) is 10.3 Å². The average Bonchev–Trinajstić information content (AvgIpc) is 2.86. The van der Waals surface area contributed by atoms with E-state index in [1.54, 1.807) is 15.9 Å². The third-order valence-electron chi connectivity index (χ3n) is 3.72. The minimum Gasteiger partial charge on any atom is -0.374 e. The first-order valence-corrected chi connectivity index (χ1v) is 7.67. The Morgan fingerprint density at radius 2 is 2.00 bits per heavy atom. The molecule has 7 nitrogen and oxygen atoms in total. The highest BCUT2D eigenvalue weighted by Crippen LogP contribution is 2.25. The monoisotopic (exact) mass is 309 g/mol. The van der Waals surface area contributed by atoms with E-state index >= 15 is 0 Å². The van der Waals surface area contributed by atoms with E-state index in [9.17, 15) is 4.79 Å². The van der Waals surface area contributed by atoms with Crippen LogP contribution in [0.25, 0.3) is 0 Å². The summed E-state index contributed by atoms with van der Waals surface area (Å²) in [5.74, 6) is 0.332. The van der Waals surface area contributed by atoms with Crippen LogP contribution in [0.2, 0.25) is 0 Å². The Morgan fingerprint density at radius 3 is 2.55 bits per heavy atom. The standard InChI is InChI=1S/C15H27N5O2/c1-14(2,3)11-9-19(7-8-22-11)13(21)17-12-16-10-20(18-12)15(4,5)6/h10-11H,7-9H2,1-6H3,(H,17,18,21). The molecule has 1 aromatic heterocycles. The van der Waals surface area contributed by atoms with Gasteiger partial charge in [-0.3, -0.25) is 5.32 Å². The Bertz CT molecular complexity index is 527. The largest absolute Gasteiger partial charge is 0.374 e. The van der Waals surface area contributed by atoms with Gasteiger partial charge >= 0.3 is 6.03 Å². The zero-order chi connectivity index (χ0) is 16.5. The topological polar surface area (TPSA) is 72.3 Å². The van der Waals surface area contributed by atoms with Crippen molar-refractivity contribution in [3.63, 3.8) is 0 Å². The van der Waals surface area contributed by atoms with Crippen LogP contribution in [0.4, 0.5) is 10.7 Å². The number of rotatable bonds is 1. The molecule has 0 aromatic carbocycles. The summed E-state index contributed by atoms with van der Waals surface area (Å²) >= 11 is 0. The Morgan fingerprint density at radius 1 is 1.32 bits per heavy atom. The Labute approximate surface area is 132 Å². The molecule has 0 aliphatic carbocycles. The zero-order valence-electron chi connectivity index (χ0n) is 14.4. The molecule has 1 aliphatic rings. The van der Waals surface area contributed by atoms with E-state index in [2.05, 4.69) is 36.2 Å². The summed E-state index contributed by atoms with van der Waals surface area (Å²) in [5, 5.41) is 7.06. The molecular weight excluding hydrogens is 282 g/mol. The molecule has 1 fully saturated rings. The highest BCUT2D eigenvalue weighted by Gasteiger charge is 2.32. The maximum atomic E-state index is 12.4. The molecule has 1 N–H and O–H groups in total. The number of hydrogen-bond acceptors (Lipinski definition) is 4. The van der Waals surface area contributed by atoms with Crippen molar-refractivity contribution in [1.29, 1.82) is 0 Å². The number of ether oxygens (including phenoxy) is 1. The number of urea groups is 1. The van der Waals surface area contributed by atoms with Gasteiger partial charge in [0.25, 0.3) is 0 Å². The number of morpholine rings is 1. The maximum Gasteiger partial charge on any atom is 0.324 e. The van der Waals surface area contributed by atoms with Crippen molar-refractivity contribution in [3.05, 3.63) is 6.33 Å². The van der Waals surface area contributed by atoms with Gasteiger partial charge in [-0.15, -0.1) is 5.10 Å². The van der Waals surface area contributed by atoms with Crippen molar-refractivity contribution in [1.82, 2.24) is 19.7 Å². The van der Waals surface area contributed by atoms with E-state index in [1.165, 1.54) is 0 Å². The first-order valence-electron chi connectivity index (χ1n) is 7.67. The second kappa shape index (κ2) is 5.87. The van der Waals surface area contributed by atoms with Crippen LogP contribution in [0.5, 0.6) is 0 Å². The molecule has 1 aromatic rings. The molecule has 1 aliphatic heterocycles. The molecule has 7 heteroatoms. The van der Waals surface area contributed by atoms with Crippen LogP contribution in [0.1, 0.15) is 41.5 Å². The lowest BCUT2D eigenvalue weighted by atomic mass is 9.88. The van der Waals surface area contributed by atoms with Crippen molar-refractivity contribution < 1.29 is 9.53 Å².